The maximum atomic E-state index is 2.49. The third-order valence-corrected chi connectivity index (χ3v) is 3.77. The van der Waals surface area contributed by atoms with Crippen LogP contribution < -0.4 is 0 Å². The first-order valence-corrected chi connectivity index (χ1v) is 6.43. The summed E-state index contributed by atoms with van der Waals surface area (Å²) in [6, 6.07) is 0. The van der Waals surface area contributed by atoms with Crippen molar-refractivity contribution in [3.8, 4) is 0 Å². The third-order valence-electron chi connectivity index (χ3n) is 3.77. The van der Waals surface area contributed by atoms with Gasteiger partial charge in [-0.1, -0.05) is 6.92 Å². The van der Waals surface area contributed by atoms with Crippen molar-refractivity contribution in [2.45, 2.75) is 19.8 Å². The number of piperidine rings is 1. The molecule has 0 bridgehead atoms. The minimum atomic E-state index is 0.535. The van der Waals surface area contributed by atoms with Gasteiger partial charge >= 0.3 is 0 Å². The molecule has 0 aromatic carbocycles. The van der Waals surface area contributed by atoms with Gasteiger partial charge in [-0.2, -0.15) is 0 Å². The van der Waals surface area contributed by atoms with Crippen LogP contribution in [0.3, 0.4) is 0 Å². The molecule has 1 aliphatic heterocycles. The Hall–Kier alpha value is -0.120. The van der Waals surface area contributed by atoms with Crippen molar-refractivity contribution in [1.82, 2.24) is 14.7 Å². The van der Waals surface area contributed by atoms with Crippen molar-refractivity contribution < 1.29 is 0 Å². The Morgan fingerprint density at radius 2 is 1.62 bits per heavy atom. The van der Waals surface area contributed by atoms with Crippen LogP contribution in [0.1, 0.15) is 19.8 Å². The molecule has 1 aliphatic rings. The van der Waals surface area contributed by atoms with E-state index in [1.807, 2.05) is 0 Å². The van der Waals surface area contributed by atoms with E-state index in [0.717, 1.165) is 6.54 Å². The Kier molecular flexibility index (Phi) is 5.22. The van der Waals surface area contributed by atoms with Gasteiger partial charge in [-0.05, 0) is 59.5 Å². The fourth-order valence-electron chi connectivity index (χ4n) is 2.42. The highest BCUT2D eigenvalue weighted by Crippen LogP contribution is 2.30. The Balaban J connectivity index is 2.29. The van der Waals surface area contributed by atoms with E-state index < -0.39 is 0 Å². The summed E-state index contributed by atoms with van der Waals surface area (Å²) >= 11 is 0. The molecule has 1 rings (SSSR count). The SMILES string of the molecule is CN(C)CCN(C)CC1(C)CCN(C)CC1. The Morgan fingerprint density at radius 3 is 2.12 bits per heavy atom. The average Bonchev–Trinajstić information content (AvgIpc) is 2.20. The summed E-state index contributed by atoms with van der Waals surface area (Å²) < 4.78 is 0. The monoisotopic (exact) mass is 227 g/mol. The highest BCUT2D eigenvalue weighted by atomic mass is 15.2. The topological polar surface area (TPSA) is 9.72 Å². The van der Waals surface area contributed by atoms with Gasteiger partial charge in [0.05, 0.1) is 0 Å². The lowest BCUT2D eigenvalue weighted by atomic mass is 9.80. The van der Waals surface area contributed by atoms with Crippen molar-refractivity contribution in [2.75, 3.05) is 60.9 Å². The first-order chi connectivity index (χ1) is 7.41. The van der Waals surface area contributed by atoms with Gasteiger partial charge in [-0.25, -0.2) is 0 Å². The highest BCUT2D eigenvalue weighted by molar-refractivity contribution is 4.83. The van der Waals surface area contributed by atoms with Crippen LogP contribution in [0.25, 0.3) is 0 Å². The maximum Gasteiger partial charge on any atom is 0.0106 e. The molecule has 0 radical (unpaired) electrons. The molecule has 0 aromatic heterocycles. The molecular weight excluding hydrogens is 198 g/mol. The standard InChI is InChI=1S/C13H29N3/c1-13(6-8-15(4)9-7-13)12-16(5)11-10-14(2)3/h6-12H2,1-5H3. The van der Waals surface area contributed by atoms with Gasteiger partial charge in [0.25, 0.3) is 0 Å². The summed E-state index contributed by atoms with van der Waals surface area (Å²) in [5, 5.41) is 0. The smallest absolute Gasteiger partial charge is 0.0106 e. The molecular formula is C13H29N3. The molecule has 16 heavy (non-hydrogen) atoms. The third kappa shape index (κ3) is 4.81. The highest BCUT2D eigenvalue weighted by Gasteiger charge is 2.29. The fraction of sp³-hybridized carbons (Fsp3) is 1.00. The molecule has 96 valence electrons. The zero-order valence-electron chi connectivity index (χ0n) is 11.8. The van der Waals surface area contributed by atoms with E-state index in [0.29, 0.717) is 5.41 Å². The molecule has 0 atom stereocenters. The molecule has 1 fully saturated rings. The zero-order chi connectivity index (χ0) is 12.2. The van der Waals surface area contributed by atoms with Crippen LogP contribution >= 0.6 is 0 Å². The van der Waals surface area contributed by atoms with Gasteiger partial charge in [0.1, 0.15) is 0 Å². The fourth-order valence-corrected chi connectivity index (χ4v) is 2.42. The molecule has 0 saturated carbocycles. The summed E-state index contributed by atoms with van der Waals surface area (Å²) in [7, 11) is 8.78. The molecule has 0 N–H and O–H groups in total. The first kappa shape index (κ1) is 13.9. The maximum absolute atomic E-state index is 2.49. The largest absolute Gasteiger partial charge is 0.308 e. The zero-order valence-corrected chi connectivity index (χ0v) is 11.8. The number of nitrogens with zero attached hydrogens (tertiary/aromatic N) is 3. The normalized spacial score (nSPS) is 21.9. The average molecular weight is 227 g/mol. The summed E-state index contributed by atoms with van der Waals surface area (Å²) in [6.45, 7) is 8.56. The van der Waals surface area contributed by atoms with E-state index in [1.54, 1.807) is 0 Å². The van der Waals surface area contributed by atoms with E-state index in [1.165, 1.54) is 39.0 Å². The number of likely N-dealkylation sites (tertiary alicyclic amines) is 1. The van der Waals surface area contributed by atoms with Crippen LogP contribution in [0.4, 0.5) is 0 Å². The minimum Gasteiger partial charge on any atom is -0.308 e. The summed E-state index contributed by atoms with van der Waals surface area (Å²) in [6.07, 6.45) is 2.69. The molecule has 3 nitrogen and oxygen atoms in total. The minimum absolute atomic E-state index is 0.535. The van der Waals surface area contributed by atoms with Crippen molar-refractivity contribution in [2.24, 2.45) is 5.41 Å². The van der Waals surface area contributed by atoms with Crippen molar-refractivity contribution in [3.05, 3.63) is 0 Å². The molecule has 0 spiro atoms. The lowest BCUT2D eigenvalue weighted by molar-refractivity contribution is 0.0949. The number of hydrogen-bond donors (Lipinski definition) is 0. The molecule has 1 heterocycles. The van der Waals surface area contributed by atoms with E-state index in [-0.39, 0.29) is 0 Å². The molecule has 1 saturated heterocycles. The van der Waals surface area contributed by atoms with Crippen LogP contribution in [0, 0.1) is 5.41 Å². The van der Waals surface area contributed by atoms with Crippen LogP contribution in [0.2, 0.25) is 0 Å². The van der Waals surface area contributed by atoms with Gasteiger partial charge < -0.3 is 14.7 Å². The van der Waals surface area contributed by atoms with Gasteiger partial charge in [0.15, 0.2) is 0 Å². The van der Waals surface area contributed by atoms with Crippen molar-refractivity contribution >= 4 is 0 Å². The van der Waals surface area contributed by atoms with Gasteiger partial charge in [-0.15, -0.1) is 0 Å². The number of likely N-dealkylation sites (N-methyl/N-ethyl adjacent to an activating group) is 2. The lowest BCUT2D eigenvalue weighted by Crippen LogP contribution is -2.43. The Morgan fingerprint density at radius 1 is 1.06 bits per heavy atom. The van der Waals surface area contributed by atoms with Crippen LogP contribution in [-0.2, 0) is 0 Å². The predicted molar refractivity (Wildman–Crippen MR) is 70.9 cm³/mol. The number of hydrogen-bond acceptors (Lipinski definition) is 3. The van der Waals surface area contributed by atoms with Gasteiger partial charge in [0, 0.05) is 19.6 Å². The van der Waals surface area contributed by atoms with Crippen molar-refractivity contribution in [3.63, 3.8) is 0 Å². The Labute approximate surface area is 101 Å². The second kappa shape index (κ2) is 5.99. The quantitative estimate of drug-likeness (QED) is 0.699. The lowest BCUT2D eigenvalue weighted by Gasteiger charge is -2.40. The van der Waals surface area contributed by atoms with Crippen LogP contribution in [0.5, 0.6) is 0 Å². The summed E-state index contributed by atoms with van der Waals surface area (Å²) in [4.78, 5) is 7.19. The second-order valence-electron chi connectivity index (χ2n) is 6.15. The van der Waals surface area contributed by atoms with E-state index >= 15 is 0 Å². The van der Waals surface area contributed by atoms with E-state index in [9.17, 15) is 0 Å². The molecule has 0 aromatic rings. The molecule has 3 heteroatoms. The van der Waals surface area contributed by atoms with Crippen LogP contribution in [0.15, 0.2) is 0 Å². The van der Waals surface area contributed by atoms with E-state index in [4.69, 9.17) is 0 Å². The Bertz CT molecular complexity index is 195. The van der Waals surface area contributed by atoms with Crippen molar-refractivity contribution in [1.29, 1.82) is 0 Å². The predicted octanol–water partition coefficient (Wildman–Crippen LogP) is 1.21. The number of rotatable bonds is 5. The first-order valence-electron chi connectivity index (χ1n) is 6.43. The van der Waals surface area contributed by atoms with Gasteiger partial charge in [0.2, 0.25) is 0 Å². The van der Waals surface area contributed by atoms with Gasteiger partial charge in [-0.3, -0.25) is 0 Å². The summed E-state index contributed by atoms with van der Waals surface area (Å²) in [5.41, 5.74) is 0.535. The van der Waals surface area contributed by atoms with Crippen LogP contribution in [-0.4, -0.2) is 75.6 Å². The molecule has 0 aliphatic carbocycles. The second-order valence-corrected chi connectivity index (χ2v) is 6.15. The molecule has 0 amide bonds. The molecule has 0 unspecified atom stereocenters. The van der Waals surface area contributed by atoms with E-state index in [2.05, 4.69) is 49.8 Å². The summed E-state index contributed by atoms with van der Waals surface area (Å²) in [5.74, 6) is 0.